The Kier molecular flexibility index (Phi) is 8.66. The molecule has 0 unspecified atom stereocenters. The Bertz CT molecular complexity index is 2340. The summed E-state index contributed by atoms with van der Waals surface area (Å²) in [6.07, 6.45) is 9.36. The van der Waals surface area contributed by atoms with Gasteiger partial charge in [-0.15, -0.1) is 0 Å². The standard InChI is InChI=1S/C54H76N2O10/c1-26-44-39(64-52(26)14-12-45(3,4)66-52)24-51(50(44,9)61)30-11-10-28-16-34-36(22-47(28,6)31(30)19-41(51)59)56-35-17-29-18-38(57)43-32(48(29,7)23-37(35)55-34)20-40(58)49(8)33(43)21-42-54(49,62)27(2)53(65-42)15-13-46(5,60)25-63-53/h21,26-32,38-40,42-44,57-58,60-62H,10-20,22-25H2,1-9H3/t26-,27+,28-,29+,30+,31-,32-,38-,39-,40+,42-,43+,44-,46-,47-,48-,49+,50-,51-,52-,53+,54+/m0/s1. The second-order valence-corrected chi connectivity index (χ2v) is 26.8. The van der Waals surface area contributed by atoms with Gasteiger partial charge in [-0.3, -0.25) is 14.8 Å². The van der Waals surface area contributed by atoms with Crippen LogP contribution >= 0.6 is 0 Å². The number of fused-ring (bicyclic) bond motifs is 14. The van der Waals surface area contributed by atoms with Gasteiger partial charge in [-0.2, -0.15) is 0 Å². The number of aliphatic hydroxyl groups excluding tert-OH is 2. The maximum atomic E-state index is 14.8. The Morgan fingerprint density at radius 2 is 1.39 bits per heavy atom. The molecule has 0 aromatic carbocycles. The molecule has 12 nitrogen and oxygen atoms in total. The van der Waals surface area contributed by atoms with Crippen LogP contribution in [0.4, 0.5) is 0 Å². The minimum atomic E-state index is -1.44. The first-order chi connectivity index (χ1) is 30.8. The summed E-state index contributed by atoms with van der Waals surface area (Å²) in [5.41, 5.74) is -0.991. The van der Waals surface area contributed by atoms with E-state index in [0.29, 0.717) is 44.4 Å². The normalized spacial score (nSPS) is 59.2. The first-order valence-corrected chi connectivity index (χ1v) is 26.2. The molecule has 12 aliphatic rings. The maximum absolute atomic E-state index is 14.8. The summed E-state index contributed by atoms with van der Waals surface area (Å²) >= 11 is 0. The van der Waals surface area contributed by atoms with Crippen molar-refractivity contribution in [3.63, 3.8) is 0 Å². The van der Waals surface area contributed by atoms with E-state index in [1.54, 1.807) is 6.92 Å². The molecule has 0 bridgehead atoms. The Morgan fingerprint density at radius 1 is 0.727 bits per heavy atom. The molecule has 5 saturated carbocycles. The summed E-state index contributed by atoms with van der Waals surface area (Å²) in [6.45, 7) is 19.0. The lowest BCUT2D eigenvalue weighted by atomic mass is 9.44. The zero-order chi connectivity index (χ0) is 46.5. The van der Waals surface area contributed by atoms with E-state index < -0.39 is 63.4 Å². The number of carbonyl (C=O) groups is 1. The number of Topliss-reactive ketones (excluding diaryl/α,β-unsaturated/α-hetero) is 1. The molecular formula is C54H76N2O10. The average Bonchev–Trinajstić information content (AvgIpc) is 3.99. The molecule has 1 aromatic heterocycles. The molecule has 22 atom stereocenters. The number of aliphatic hydroxyl groups is 5. The Morgan fingerprint density at radius 3 is 2.03 bits per heavy atom. The first kappa shape index (κ1) is 44.1. The molecule has 1 aromatic rings. The van der Waals surface area contributed by atoms with E-state index in [-0.39, 0.29) is 76.4 Å². The van der Waals surface area contributed by atoms with Crippen LogP contribution < -0.4 is 0 Å². The fourth-order valence-corrected chi connectivity index (χ4v) is 19.7. The third-order valence-electron chi connectivity index (χ3n) is 23.5. The first-order valence-electron chi connectivity index (χ1n) is 26.2. The summed E-state index contributed by atoms with van der Waals surface area (Å²) in [7, 11) is 0. The molecular weight excluding hydrogens is 837 g/mol. The van der Waals surface area contributed by atoms with Crippen molar-refractivity contribution in [2.75, 3.05) is 6.61 Å². The van der Waals surface area contributed by atoms with Crippen molar-refractivity contribution in [1.29, 1.82) is 0 Å². The van der Waals surface area contributed by atoms with E-state index in [9.17, 15) is 30.3 Å². The van der Waals surface area contributed by atoms with E-state index in [1.165, 1.54) is 0 Å². The number of aromatic nitrogens is 2. The Hall–Kier alpha value is -1.87. The SMILES string of the molecule is C[C@@H]1[C@@]2(CC[C@](C)(O)CO2)O[C@H]2C=C3[C@@H]4[C@@H](O)C[C@H]5Cc6nc7c(nc6C[C@]5(C)[C@H]4C[C@@H](O)[C@]3(C)[C@]21O)C[C@@H]1CC[C@@H]2[C@H](CC(=O)[C@]23C[C@@H]2O[C@]4(CCC(C)(C)O4)[C@@H](C)[C@@H]2[C@]3(C)O)[C@@]1(C)C7. The molecule has 362 valence electrons. The number of hydrogen-bond donors (Lipinski definition) is 5. The van der Waals surface area contributed by atoms with Crippen LogP contribution in [0, 0.1) is 74.9 Å². The van der Waals surface area contributed by atoms with Gasteiger partial charge in [0.15, 0.2) is 11.6 Å². The number of nitrogens with zero attached hydrogens (tertiary/aromatic N) is 2. The van der Waals surface area contributed by atoms with Gasteiger partial charge >= 0.3 is 0 Å². The molecule has 5 N–H and O–H groups in total. The van der Waals surface area contributed by atoms with Crippen molar-refractivity contribution in [1.82, 2.24) is 9.97 Å². The Balaban J connectivity index is 0.773. The van der Waals surface area contributed by atoms with Crippen molar-refractivity contribution >= 4 is 5.78 Å². The van der Waals surface area contributed by atoms with Crippen molar-refractivity contribution < 1.29 is 49.3 Å². The van der Waals surface area contributed by atoms with Crippen LogP contribution in [0.2, 0.25) is 0 Å². The topological polar surface area (TPSA) is 181 Å². The van der Waals surface area contributed by atoms with Gasteiger partial charge in [0.05, 0.1) is 69.9 Å². The zero-order valence-electron chi connectivity index (χ0n) is 40.9. The molecule has 4 saturated heterocycles. The molecule has 8 aliphatic carbocycles. The van der Waals surface area contributed by atoms with Gasteiger partial charge in [-0.25, -0.2) is 0 Å². The number of carbonyl (C=O) groups excluding carboxylic acids is 1. The highest BCUT2D eigenvalue weighted by Crippen LogP contribution is 2.74. The van der Waals surface area contributed by atoms with Gasteiger partial charge < -0.3 is 44.5 Å². The molecule has 5 heterocycles. The molecule has 4 aliphatic heterocycles. The quantitative estimate of drug-likeness (QED) is 0.200. The number of hydrogen-bond acceptors (Lipinski definition) is 12. The highest BCUT2D eigenvalue weighted by atomic mass is 16.7. The largest absolute Gasteiger partial charge is 0.392 e. The van der Waals surface area contributed by atoms with Crippen LogP contribution in [0.25, 0.3) is 0 Å². The minimum absolute atomic E-state index is 0.0157. The third kappa shape index (κ3) is 5.02. The molecule has 66 heavy (non-hydrogen) atoms. The van der Waals surface area contributed by atoms with E-state index in [4.69, 9.17) is 28.9 Å². The van der Waals surface area contributed by atoms with Gasteiger partial charge in [0, 0.05) is 48.3 Å². The van der Waals surface area contributed by atoms with Crippen molar-refractivity contribution in [2.45, 2.75) is 211 Å². The fraction of sp³-hybridized carbons (Fsp3) is 0.870. The van der Waals surface area contributed by atoms with Gasteiger partial charge in [-0.05, 0) is 139 Å². The van der Waals surface area contributed by atoms with Gasteiger partial charge in [-0.1, -0.05) is 46.3 Å². The van der Waals surface area contributed by atoms with Gasteiger partial charge in [0.25, 0.3) is 0 Å². The highest BCUT2D eigenvalue weighted by Gasteiger charge is 2.80. The average molecular weight is 913 g/mol. The predicted molar refractivity (Wildman–Crippen MR) is 240 cm³/mol. The monoisotopic (exact) mass is 913 g/mol. The van der Waals surface area contributed by atoms with E-state index in [2.05, 4.69) is 34.6 Å². The van der Waals surface area contributed by atoms with Crippen molar-refractivity contribution in [3.05, 3.63) is 34.4 Å². The van der Waals surface area contributed by atoms with E-state index >= 15 is 0 Å². The summed E-state index contributed by atoms with van der Waals surface area (Å²) in [4.78, 5) is 25.9. The van der Waals surface area contributed by atoms with E-state index in [0.717, 1.165) is 79.7 Å². The minimum Gasteiger partial charge on any atom is -0.392 e. The van der Waals surface area contributed by atoms with Crippen molar-refractivity contribution in [2.24, 2.45) is 74.9 Å². The maximum Gasteiger partial charge on any atom is 0.174 e. The lowest BCUT2D eigenvalue weighted by Crippen LogP contribution is -2.66. The summed E-state index contributed by atoms with van der Waals surface area (Å²) in [6, 6.07) is 0. The number of rotatable bonds is 0. The summed E-state index contributed by atoms with van der Waals surface area (Å²) in [5.74, 6) is -1.71. The second kappa shape index (κ2) is 13.0. The van der Waals surface area contributed by atoms with Crippen LogP contribution in [0.1, 0.15) is 149 Å². The fourth-order valence-electron chi connectivity index (χ4n) is 19.7. The molecule has 13 rings (SSSR count). The third-order valence-corrected chi connectivity index (χ3v) is 23.5. The lowest BCUT2D eigenvalue weighted by Gasteiger charge is -2.62. The van der Waals surface area contributed by atoms with Gasteiger partial charge in [0.1, 0.15) is 17.5 Å². The smallest absolute Gasteiger partial charge is 0.174 e. The number of ether oxygens (including phenoxy) is 4. The lowest BCUT2D eigenvalue weighted by molar-refractivity contribution is -0.289. The molecule has 12 heteroatoms. The Labute approximate surface area is 390 Å². The summed E-state index contributed by atoms with van der Waals surface area (Å²) < 4.78 is 26.5. The summed E-state index contributed by atoms with van der Waals surface area (Å²) in [5, 5.41) is 61.3. The highest BCUT2D eigenvalue weighted by molar-refractivity contribution is 5.90. The van der Waals surface area contributed by atoms with Crippen LogP contribution in [0.15, 0.2) is 11.6 Å². The van der Waals surface area contributed by atoms with Crippen LogP contribution in [-0.2, 0) is 49.4 Å². The molecule has 0 amide bonds. The molecule has 9 fully saturated rings. The van der Waals surface area contributed by atoms with E-state index in [1.807, 2.05) is 26.8 Å². The molecule has 0 radical (unpaired) electrons. The predicted octanol–water partition coefficient (Wildman–Crippen LogP) is 5.73. The van der Waals surface area contributed by atoms with Gasteiger partial charge in [0.2, 0.25) is 0 Å². The molecule has 3 spiro atoms. The number of ketones is 1. The zero-order valence-corrected chi connectivity index (χ0v) is 40.9. The van der Waals surface area contributed by atoms with Crippen LogP contribution in [0.3, 0.4) is 0 Å². The van der Waals surface area contributed by atoms with Crippen LogP contribution in [-0.4, -0.2) is 106 Å². The van der Waals surface area contributed by atoms with Crippen molar-refractivity contribution in [3.8, 4) is 0 Å². The van der Waals surface area contributed by atoms with Crippen LogP contribution in [0.5, 0.6) is 0 Å². The second-order valence-electron chi connectivity index (χ2n) is 26.8.